The summed E-state index contributed by atoms with van der Waals surface area (Å²) in [4.78, 5) is 17.6. The lowest BCUT2D eigenvalue weighted by Gasteiger charge is -2.17. The molecule has 2 aromatic carbocycles. The molecule has 3 rings (SSSR count). The van der Waals surface area contributed by atoms with Gasteiger partial charge in [0.05, 0.1) is 11.3 Å². The van der Waals surface area contributed by atoms with Crippen molar-refractivity contribution in [1.82, 2.24) is 0 Å². The van der Waals surface area contributed by atoms with Crippen molar-refractivity contribution >= 4 is 23.6 Å². The standard InChI is InChI=1S/C18H18N2O2/c21-18(22)15-5-7-16(8-6-15)19-13-14-3-9-17(10-4-14)20-11-1-2-12-20/h3-10,13H,1-2,11-12H2,(H,21,22). The molecule has 2 aromatic rings. The normalized spacial score (nSPS) is 14.6. The summed E-state index contributed by atoms with van der Waals surface area (Å²) < 4.78 is 0. The first-order valence-electron chi connectivity index (χ1n) is 7.45. The topological polar surface area (TPSA) is 52.9 Å². The quantitative estimate of drug-likeness (QED) is 0.874. The van der Waals surface area contributed by atoms with Crippen molar-refractivity contribution in [3.63, 3.8) is 0 Å². The summed E-state index contributed by atoms with van der Waals surface area (Å²) in [5.74, 6) is -0.923. The van der Waals surface area contributed by atoms with E-state index in [4.69, 9.17) is 5.11 Å². The average molecular weight is 294 g/mol. The summed E-state index contributed by atoms with van der Waals surface area (Å²) in [7, 11) is 0. The lowest BCUT2D eigenvalue weighted by Crippen LogP contribution is -2.17. The van der Waals surface area contributed by atoms with Crippen LogP contribution in [0.2, 0.25) is 0 Å². The number of nitrogens with zero attached hydrogens (tertiary/aromatic N) is 2. The van der Waals surface area contributed by atoms with Gasteiger partial charge in [-0.15, -0.1) is 0 Å². The molecule has 1 heterocycles. The van der Waals surface area contributed by atoms with Gasteiger partial charge in [-0.05, 0) is 54.8 Å². The molecule has 0 aromatic heterocycles. The summed E-state index contributed by atoms with van der Waals surface area (Å²) in [6.07, 6.45) is 4.34. The van der Waals surface area contributed by atoms with Crippen molar-refractivity contribution < 1.29 is 9.90 Å². The molecule has 1 aliphatic heterocycles. The zero-order chi connectivity index (χ0) is 15.4. The van der Waals surface area contributed by atoms with E-state index in [-0.39, 0.29) is 5.56 Å². The van der Waals surface area contributed by atoms with Gasteiger partial charge in [-0.2, -0.15) is 0 Å². The van der Waals surface area contributed by atoms with E-state index in [1.807, 2.05) is 0 Å². The van der Waals surface area contributed by atoms with E-state index in [9.17, 15) is 4.79 Å². The zero-order valence-corrected chi connectivity index (χ0v) is 12.3. The van der Waals surface area contributed by atoms with Crippen molar-refractivity contribution in [3.8, 4) is 0 Å². The monoisotopic (exact) mass is 294 g/mol. The third-order valence-corrected chi connectivity index (χ3v) is 3.84. The zero-order valence-electron chi connectivity index (χ0n) is 12.3. The number of rotatable bonds is 4. The van der Waals surface area contributed by atoms with Crippen LogP contribution in [0.4, 0.5) is 11.4 Å². The van der Waals surface area contributed by atoms with Crippen LogP contribution >= 0.6 is 0 Å². The second-order valence-electron chi connectivity index (χ2n) is 5.40. The number of hydrogen-bond acceptors (Lipinski definition) is 3. The number of carboxylic acid groups (broad SMARTS) is 1. The largest absolute Gasteiger partial charge is 0.478 e. The van der Waals surface area contributed by atoms with Gasteiger partial charge < -0.3 is 10.0 Å². The third-order valence-electron chi connectivity index (χ3n) is 3.84. The van der Waals surface area contributed by atoms with Crippen LogP contribution in [-0.2, 0) is 0 Å². The van der Waals surface area contributed by atoms with Crippen LogP contribution in [0.3, 0.4) is 0 Å². The molecule has 4 heteroatoms. The summed E-state index contributed by atoms with van der Waals surface area (Å²) in [5, 5.41) is 8.86. The fourth-order valence-electron chi connectivity index (χ4n) is 2.59. The minimum absolute atomic E-state index is 0.272. The Labute approximate surface area is 129 Å². The summed E-state index contributed by atoms with van der Waals surface area (Å²) >= 11 is 0. The first kappa shape index (κ1) is 14.3. The molecule has 1 saturated heterocycles. The van der Waals surface area contributed by atoms with Crippen LogP contribution in [0.5, 0.6) is 0 Å². The Balaban J connectivity index is 1.68. The Morgan fingerprint density at radius 1 is 1.00 bits per heavy atom. The Morgan fingerprint density at radius 3 is 2.23 bits per heavy atom. The first-order chi connectivity index (χ1) is 10.7. The van der Waals surface area contributed by atoms with Gasteiger partial charge in [-0.3, -0.25) is 4.99 Å². The summed E-state index contributed by atoms with van der Waals surface area (Å²) in [6.45, 7) is 2.28. The number of anilines is 1. The molecule has 0 amide bonds. The maximum atomic E-state index is 10.8. The Hall–Kier alpha value is -2.62. The fourth-order valence-corrected chi connectivity index (χ4v) is 2.59. The number of carbonyl (C=O) groups is 1. The molecule has 112 valence electrons. The molecule has 1 aliphatic rings. The molecule has 0 saturated carbocycles. The maximum absolute atomic E-state index is 10.8. The molecule has 0 atom stereocenters. The maximum Gasteiger partial charge on any atom is 0.335 e. The van der Waals surface area contributed by atoms with Crippen LogP contribution in [0.1, 0.15) is 28.8 Å². The minimum Gasteiger partial charge on any atom is -0.478 e. The minimum atomic E-state index is -0.923. The van der Waals surface area contributed by atoms with Crippen molar-refractivity contribution in [3.05, 3.63) is 59.7 Å². The lowest BCUT2D eigenvalue weighted by molar-refractivity contribution is 0.0697. The van der Waals surface area contributed by atoms with Crippen LogP contribution in [0, 0.1) is 0 Å². The highest BCUT2D eigenvalue weighted by Crippen LogP contribution is 2.20. The molecule has 22 heavy (non-hydrogen) atoms. The van der Waals surface area contributed by atoms with Gasteiger partial charge >= 0.3 is 5.97 Å². The van der Waals surface area contributed by atoms with E-state index in [1.54, 1.807) is 30.5 Å². The van der Waals surface area contributed by atoms with Crippen molar-refractivity contribution in [1.29, 1.82) is 0 Å². The second-order valence-corrected chi connectivity index (χ2v) is 5.40. The van der Waals surface area contributed by atoms with E-state index in [1.165, 1.54) is 18.5 Å². The number of aromatic carboxylic acids is 1. The number of hydrogen-bond donors (Lipinski definition) is 1. The van der Waals surface area contributed by atoms with Gasteiger partial charge in [-0.1, -0.05) is 12.1 Å². The molecular weight excluding hydrogens is 276 g/mol. The summed E-state index contributed by atoms with van der Waals surface area (Å²) in [6, 6.07) is 14.9. The van der Waals surface area contributed by atoms with Gasteiger partial charge in [0.25, 0.3) is 0 Å². The van der Waals surface area contributed by atoms with Gasteiger partial charge in [0.2, 0.25) is 0 Å². The van der Waals surface area contributed by atoms with E-state index < -0.39 is 5.97 Å². The SMILES string of the molecule is O=C(O)c1ccc(N=Cc2ccc(N3CCCC3)cc2)cc1. The average Bonchev–Trinajstić information content (AvgIpc) is 3.08. The fraction of sp³-hybridized carbons (Fsp3) is 0.222. The highest BCUT2D eigenvalue weighted by molar-refractivity contribution is 5.88. The smallest absolute Gasteiger partial charge is 0.335 e. The van der Waals surface area contributed by atoms with E-state index >= 15 is 0 Å². The van der Waals surface area contributed by atoms with Crippen molar-refractivity contribution in [2.45, 2.75) is 12.8 Å². The van der Waals surface area contributed by atoms with Crippen LogP contribution < -0.4 is 4.90 Å². The van der Waals surface area contributed by atoms with Crippen LogP contribution in [0.15, 0.2) is 53.5 Å². The second kappa shape index (κ2) is 6.43. The van der Waals surface area contributed by atoms with Crippen LogP contribution in [0.25, 0.3) is 0 Å². The predicted molar refractivity (Wildman–Crippen MR) is 88.5 cm³/mol. The third kappa shape index (κ3) is 3.34. The van der Waals surface area contributed by atoms with Gasteiger partial charge in [-0.25, -0.2) is 4.79 Å². The molecule has 0 radical (unpaired) electrons. The molecule has 0 bridgehead atoms. The number of carboxylic acids is 1. The highest BCUT2D eigenvalue weighted by atomic mass is 16.4. The first-order valence-corrected chi connectivity index (χ1v) is 7.45. The van der Waals surface area contributed by atoms with Crippen LogP contribution in [-0.4, -0.2) is 30.4 Å². The highest BCUT2D eigenvalue weighted by Gasteiger charge is 2.11. The molecular formula is C18H18N2O2. The molecule has 4 nitrogen and oxygen atoms in total. The number of benzene rings is 2. The molecule has 0 aliphatic carbocycles. The predicted octanol–water partition coefficient (Wildman–Crippen LogP) is 3.74. The van der Waals surface area contributed by atoms with Gasteiger partial charge in [0.15, 0.2) is 0 Å². The molecule has 0 spiro atoms. The van der Waals surface area contributed by atoms with Gasteiger partial charge in [0.1, 0.15) is 0 Å². The molecule has 1 fully saturated rings. The Bertz CT molecular complexity index is 669. The molecule has 0 unspecified atom stereocenters. The van der Waals surface area contributed by atoms with E-state index in [0.29, 0.717) is 0 Å². The Kier molecular flexibility index (Phi) is 4.19. The Morgan fingerprint density at radius 2 is 1.64 bits per heavy atom. The van der Waals surface area contributed by atoms with E-state index in [2.05, 4.69) is 34.2 Å². The summed E-state index contributed by atoms with van der Waals surface area (Å²) in [5.41, 5.74) is 3.31. The van der Waals surface area contributed by atoms with E-state index in [0.717, 1.165) is 24.3 Å². The molecule has 1 N–H and O–H groups in total. The van der Waals surface area contributed by atoms with Crippen molar-refractivity contribution in [2.75, 3.05) is 18.0 Å². The lowest BCUT2D eigenvalue weighted by atomic mass is 10.2. The van der Waals surface area contributed by atoms with Gasteiger partial charge in [0, 0.05) is 25.0 Å². The van der Waals surface area contributed by atoms with Crippen molar-refractivity contribution in [2.24, 2.45) is 4.99 Å². The number of aliphatic imine (C=N–C) groups is 1.